The van der Waals surface area contributed by atoms with Gasteiger partial charge in [-0.05, 0) is 25.5 Å². The largest absolute Gasteiger partial charge is 0.462 e. The van der Waals surface area contributed by atoms with E-state index >= 15 is 0 Å². The first-order valence-corrected chi connectivity index (χ1v) is 7.60. The van der Waals surface area contributed by atoms with E-state index in [9.17, 15) is 4.79 Å². The van der Waals surface area contributed by atoms with Crippen LogP contribution in [0.3, 0.4) is 0 Å². The zero-order valence-corrected chi connectivity index (χ0v) is 13.3. The van der Waals surface area contributed by atoms with Crippen molar-refractivity contribution in [3.8, 4) is 17.4 Å². The molecule has 0 spiro atoms. The lowest BCUT2D eigenvalue weighted by Crippen LogP contribution is -2.07. The third-order valence-corrected chi connectivity index (χ3v) is 3.32. The maximum Gasteiger partial charge on any atom is 0.349 e. The monoisotopic (exact) mass is 309 g/mol. The SMILES string of the molecule is CCCCOC(=O)C(C#N)=Cc1ccc(-c2ccc(C)cc2)o1. The fourth-order valence-electron chi connectivity index (χ4n) is 1.97. The molecule has 0 amide bonds. The van der Waals surface area contributed by atoms with Crippen LogP contribution in [0.2, 0.25) is 0 Å². The van der Waals surface area contributed by atoms with E-state index in [0.717, 1.165) is 18.4 Å². The number of ether oxygens (including phenoxy) is 1. The first-order valence-electron chi connectivity index (χ1n) is 7.60. The van der Waals surface area contributed by atoms with Crippen molar-refractivity contribution in [2.75, 3.05) is 6.61 Å². The number of benzene rings is 1. The van der Waals surface area contributed by atoms with Crippen molar-refractivity contribution < 1.29 is 13.9 Å². The van der Waals surface area contributed by atoms with Gasteiger partial charge in [0.05, 0.1) is 6.61 Å². The third kappa shape index (κ3) is 4.58. The second kappa shape index (κ2) is 8.00. The molecule has 0 aliphatic heterocycles. The number of unbranched alkanes of at least 4 members (excludes halogenated alkanes) is 1. The summed E-state index contributed by atoms with van der Waals surface area (Å²) in [5, 5.41) is 9.11. The Bertz CT molecular complexity index is 733. The fraction of sp³-hybridized carbons (Fsp3) is 0.263. The molecule has 0 N–H and O–H groups in total. The van der Waals surface area contributed by atoms with Gasteiger partial charge in [-0.15, -0.1) is 0 Å². The molecule has 0 radical (unpaired) electrons. The molecule has 1 aromatic carbocycles. The Labute approximate surface area is 136 Å². The minimum Gasteiger partial charge on any atom is -0.462 e. The molecule has 0 aliphatic rings. The van der Waals surface area contributed by atoms with E-state index in [-0.39, 0.29) is 5.57 Å². The number of rotatable bonds is 6. The van der Waals surface area contributed by atoms with Crippen molar-refractivity contribution >= 4 is 12.0 Å². The number of carbonyl (C=O) groups is 1. The molecule has 2 aromatic rings. The van der Waals surface area contributed by atoms with E-state index in [1.807, 2.05) is 50.2 Å². The van der Waals surface area contributed by atoms with E-state index in [1.54, 1.807) is 6.07 Å². The average molecular weight is 309 g/mol. The van der Waals surface area contributed by atoms with E-state index in [2.05, 4.69) is 0 Å². The first-order chi connectivity index (χ1) is 11.1. The van der Waals surface area contributed by atoms with Crippen molar-refractivity contribution in [3.63, 3.8) is 0 Å². The molecule has 1 aromatic heterocycles. The van der Waals surface area contributed by atoms with E-state index in [4.69, 9.17) is 14.4 Å². The number of carbonyl (C=O) groups excluding carboxylic acids is 1. The molecule has 0 fully saturated rings. The van der Waals surface area contributed by atoms with Crippen LogP contribution in [0.5, 0.6) is 0 Å². The average Bonchev–Trinajstić information content (AvgIpc) is 3.02. The van der Waals surface area contributed by atoms with Crippen LogP contribution in [0.4, 0.5) is 0 Å². The summed E-state index contributed by atoms with van der Waals surface area (Å²) in [6.07, 6.45) is 3.12. The van der Waals surface area contributed by atoms with Gasteiger partial charge < -0.3 is 9.15 Å². The molecule has 2 rings (SSSR count). The van der Waals surface area contributed by atoms with Crippen LogP contribution in [0.25, 0.3) is 17.4 Å². The number of esters is 1. The quantitative estimate of drug-likeness (QED) is 0.341. The van der Waals surface area contributed by atoms with Crippen LogP contribution in [-0.4, -0.2) is 12.6 Å². The van der Waals surface area contributed by atoms with Crippen molar-refractivity contribution in [1.29, 1.82) is 5.26 Å². The lowest BCUT2D eigenvalue weighted by Gasteiger charge is -2.01. The van der Waals surface area contributed by atoms with Gasteiger partial charge in [-0.25, -0.2) is 4.79 Å². The molecule has 0 saturated carbocycles. The van der Waals surface area contributed by atoms with Gasteiger partial charge >= 0.3 is 5.97 Å². The van der Waals surface area contributed by atoms with E-state index in [1.165, 1.54) is 11.6 Å². The van der Waals surface area contributed by atoms with Crippen molar-refractivity contribution in [2.45, 2.75) is 26.7 Å². The molecule has 0 bridgehead atoms. The van der Waals surface area contributed by atoms with Crippen LogP contribution >= 0.6 is 0 Å². The zero-order valence-electron chi connectivity index (χ0n) is 13.3. The summed E-state index contributed by atoms with van der Waals surface area (Å²) in [5.74, 6) is 0.520. The lowest BCUT2D eigenvalue weighted by molar-refractivity contribution is -0.138. The van der Waals surface area contributed by atoms with Crippen LogP contribution in [0.15, 0.2) is 46.4 Å². The van der Waals surface area contributed by atoms with Gasteiger partial charge in [0.25, 0.3) is 0 Å². The third-order valence-electron chi connectivity index (χ3n) is 3.32. The Morgan fingerprint density at radius 3 is 2.65 bits per heavy atom. The molecule has 0 aliphatic carbocycles. The second-order valence-electron chi connectivity index (χ2n) is 5.23. The molecule has 118 valence electrons. The molecule has 0 unspecified atom stereocenters. The van der Waals surface area contributed by atoms with Gasteiger partial charge in [-0.3, -0.25) is 0 Å². The summed E-state index contributed by atoms with van der Waals surface area (Å²) in [6, 6.07) is 13.3. The molecule has 0 atom stereocenters. The highest BCUT2D eigenvalue weighted by Crippen LogP contribution is 2.23. The normalized spacial score (nSPS) is 11.1. The highest BCUT2D eigenvalue weighted by Gasteiger charge is 2.12. The summed E-state index contributed by atoms with van der Waals surface area (Å²) in [5.41, 5.74) is 2.05. The highest BCUT2D eigenvalue weighted by molar-refractivity contribution is 5.97. The van der Waals surface area contributed by atoms with E-state index < -0.39 is 5.97 Å². The van der Waals surface area contributed by atoms with Gasteiger partial charge in [0.1, 0.15) is 23.2 Å². The predicted octanol–water partition coefficient (Wildman–Crippen LogP) is 4.51. The predicted molar refractivity (Wildman–Crippen MR) is 88.3 cm³/mol. The standard InChI is InChI=1S/C19H19NO3/c1-3-4-11-22-19(21)16(13-20)12-17-9-10-18(23-17)15-7-5-14(2)6-8-15/h5-10,12H,3-4,11H2,1-2H3. The van der Waals surface area contributed by atoms with Crippen LogP contribution in [-0.2, 0) is 9.53 Å². The Morgan fingerprint density at radius 1 is 1.26 bits per heavy atom. The van der Waals surface area contributed by atoms with Gasteiger partial charge in [0.2, 0.25) is 0 Å². The van der Waals surface area contributed by atoms with Crippen LogP contribution in [0.1, 0.15) is 31.1 Å². The minimum atomic E-state index is -0.616. The zero-order chi connectivity index (χ0) is 16.7. The Morgan fingerprint density at radius 2 is 2.00 bits per heavy atom. The number of nitrogens with zero attached hydrogens (tertiary/aromatic N) is 1. The Balaban J connectivity index is 2.13. The number of furan rings is 1. The maximum absolute atomic E-state index is 11.8. The van der Waals surface area contributed by atoms with Gasteiger partial charge in [0.15, 0.2) is 0 Å². The number of aryl methyl sites for hydroxylation is 1. The number of hydrogen-bond acceptors (Lipinski definition) is 4. The first kappa shape index (κ1) is 16.6. The summed E-state index contributed by atoms with van der Waals surface area (Å²) in [4.78, 5) is 11.8. The van der Waals surface area contributed by atoms with Crippen molar-refractivity contribution in [1.82, 2.24) is 0 Å². The summed E-state index contributed by atoms with van der Waals surface area (Å²) < 4.78 is 10.7. The van der Waals surface area contributed by atoms with Crippen LogP contribution < -0.4 is 0 Å². The topological polar surface area (TPSA) is 63.2 Å². The molecule has 1 heterocycles. The Hall–Kier alpha value is -2.80. The Kier molecular flexibility index (Phi) is 5.76. The smallest absolute Gasteiger partial charge is 0.349 e. The van der Waals surface area contributed by atoms with E-state index in [0.29, 0.717) is 18.1 Å². The molecular weight excluding hydrogens is 290 g/mol. The highest BCUT2D eigenvalue weighted by atomic mass is 16.5. The second-order valence-corrected chi connectivity index (χ2v) is 5.23. The molecule has 4 heteroatoms. The van der Waals surface area contributed by atoms with Crippen molar-refractivity contribution in [3.05, 3.63) is 53.3 Å². The molecular formula is C19H19NO3. The van der Waals surface area contributed by atoms with Crippen molar-refractivity contribution in [2.24, 2.45) is 0 Å². The number of nitriles is 1. The number of hydrogen-bond donors (Lipinski definition) is 0. The fourth-order valence-corrected chi connectivity index (χ4v) is 1.97. The maximum atomic E-state index is 11.8. The van der Waals surface area contributed by atoms with Crippen LogP contribution in [0, 0.1) is 18.3 Å². The summed E-state index contributed by atoms with van der Waals surface area (Å²) in [6.45, 7) is 4.34. The lowest BCUT2D eigenvalue weighted by atomic mass is 10.1. The molecule has 0 saturated heterocycles. The summed E-state index contributed by atoms with van der Waals surface area (Å²) >= 11 is 0. The molecule has 23 heavy (non-hydrogen) atoms. The summed E-state index contributed by atoms with van der Waals surface area (Å²) in [7, 11) is 0. The van der Waals surface area contributed by atoms with Gasteiger partial charge in [0, 0.05) is 11.6 Å². The van der Waals surface area contributed by atoms with Gasteiger partial charge in [-0.2, -0.15) is 5.26 Å². The minimum absolute atomic E-state index is 0.0640. The molecule has 4 nitrogen and oxygen atoms in total. The van der Waals surface area contributed by atoms with Gasteiger partial charge in [-0.1, -0.05) is 43.2 Å².